The number of nitrogens with one attached hydrogen (secondary N) is 1. The van der Waals surface area contributed by atoms with E-state index in [1.165, 1.54) is 31.2 Å². The molecule has 0 aromatic heterocycles. The fraction of sp³-hybridized carbons (Fsp3) is 0.417. The summed E-state index contributed by atoms with van der Waals surface area (Å²) in [6, 6.07) is 4.70. The number of carbonyl (C=O) groups is 1. The van der Waals surface area contributed by atoms with Crippen molar-refractivity contribution in [2.75, 3.05) is 5.75 Å². The lowest BCUT2D eigenvalue weighted by Gasteiger charge is -2.12. The Hall–Kier alpha value is -1.27. The van der Waals surface area contributed by atoms with Crippen molar-refractivity contribution in [1.29, 1.82) is 0 Å². The summed E-state index contributed by atoms with van der Waals surface area (Å²) in [5.74, 6) is -0.658. The molecule has 1 aromatic carbocycles. The van der Waals surface area contributed by atoms with Gasteiger partial charge in [0.2, 0.25) is 10.0 Å². The van der Waals surface area contributed by atoms with Crippen LogP contribution in [0.2, 0.25) is 0 Å². The molecule has 0 heterocycles. The molecular weight excluding hydrogens is 257 g/mol. The number of hydrogen-bond acceptors (Lipinski definition) is 3. The number of benzene rings is 1. The summed E-state index contributed by atoms with van der Waals surface area (Å²) in [5, 5.41) is 0. The van der Waals surface area contributed by atoms with Crippen LogP contribution in [0.15, 0.2) is 24.3 Å². The molecule has 0 aliphatic rings. The Kier molecular flexibility index (Phi) is 4.98. The zero-order valence-corrected chi connectivity index (χ0v) is 11.1. The summed E-state index contributed by atoms with van der Waals surface area (Å²) in [6.45, 7) is 3.14. The molecule has 1 aromatic rings. The van der Waals surface area contributed by atoms with Gasteiger partial charge >= 0.3 is 0 Å². The monoisotopic (exact) mass is 273 g/mol. The van der Waals surface area contributed by atoms with Gasteiger partial charge in [-0.25, -0.2) is 17.5 Å². The van der Waals surface area contributed by atoms with Crippen molar-refractivity contribution in [1.82, 2.24) is 4.72 Å². The van der Waals surface area contributed by atoms with E-state index < -0.39 is 21.9 Å². The quantitative estimate of drug-likeness (QED) is 0.803. The summed E-state index contributed by atoms with van der Waals surface area (Å²) >= 11 is 0. The lowest BCUT2D eigenvalue weighted by molar-refractivity contribution is 0.0975. The van der Waals surface area contributed by atoms with Gasteiger partial charge in [-0.3, -0.25) is 4.79 Å². The molecule has 6 heteroatoms. The van der Waals surface area contributed by atoms with E-state index in [2.05, 4.69) is 4.72 Å². The van der Waals surface area contributed by atoms with E-state index in [0.29, 0.717) is 5.56 Å². The second-order valence-electron chi connectivity index (χ2n) is 4.06. The second-order valence-corrected chi connectivity index (χ2v) is 6.10. The van der Waals surface area contributed by atoms with E-state index >= 15 is 0 Å². The first-order valence-corrected chi connectivity index (χ1v) is 7.28. The third-order valence-corrected chi connectivity index (χ3v) is 3.94. The predicted molar refractivity (Wildman–Crippen MR) is 67.4 cm³/mol. The molecule has 0 aliphatic heterocycles. The zero-order chi connectivity index (χ0) is 13.8. The number of sulfonamides is 1. The first kappa shape index (κ1) is 14.8. The summed E-state index contributed by atoms with van der Waals surface area (Å²) < 4.78 is 37.7. The van der Waals surface area contributed by atoms with E-state index in [0.717, 1.165) is 0 Å². The highest BCUT2D eigenvalue weighted by atomic mass is 32.2. The molecule has 100 valence electrons. The Bertz CT molecular complexity index is 511. The third-order valence-electron chi connectivity index (χ3n) is 2.42. The van der Waals surface area contributed by atoms with Crippen molar-refractivity contribution >= 4 is 15.8 Å². The van der Waals surface area contributed by atoms with Gasteiger partial charge in [0.15, 0.2) is 5.78 Å². The smallest absolute Gasteiger partial charge is 0.211 e. The summed E-state index contributed by atoms with van der Waals surface area (Å²) in [6.07, 6.45) is 0.0465. The molecular formula is C12H16FNO3S. The standard InChI is InChI=1S/C12H16FNO3S/c1-3-18(16,17)14-9(2)8-12(15)10-4-6-11(13)7-5-10/h4-7,9,14H,3,8H2,1-2H3/t9-/m0/s1. The number of carbonyl (C=O) groups excluding carboxylic acids is 1. The maximum Gasteiger partial charge on any atom is 0.211 e. The van der Waals surface area contributed by atoms with Crippen LogP contribution < -0.4 is 4.72 Å². The van der Waals surface area contributed by atoms with E-state index in [4.69, 9.17) is 0 Å². The van der Waals surface area contributed by atoms with Crippen LogP contribution in [0.5, 0.6) is 0 Å². The summed E-state index contributed by atoms with van der Waals surface area (Å²) in [7, 11) is -3.32. The molecule has 18 heavy (non-hydrogen) atoms. The van der Waals surface area contributed by atoms with Gasteiger partial charge in [0, 0.05) is 18.0 Å². The fourth-order valence-corrected chi connectivity index (χ4v) is 2.33. The number of Topliss-reactive ketones (excluding diaryl/α,β-unsaturated/α-hetero) is 1. The van der Waals surface area contributed by atoms with Gasteiger partial charge in [-0.05, 0) is 38.1 Å². The number of ketones is 1. The number of halogens is 1. The molecule has 1 rings (SSSR count). The van der Waals surface area contributed by atoms with Crippen molar-refractivity contribution in [2.24, 2.45) is 0 Å². The van der Waals surface area contributed by atoms with Crippen molar-refractivity contribution in [3.05, 3.63) is 35.6 Å². The van der Waals surface area contributed by atoms with Crippen LogP contribution in [0.1, 0.15) is 30.6 Å². The van der Waals surface area contributed by atoms with Crippen LogP contribution in [-0.4, -0.2) is 26.0 Å². The zero-order valence-electron chi connectivity index (χ0n) is 10.3. The highest BCUT2D eigenvalue weighted by molar-refractivity contribution is 7.89. The largest absolute Gasteiger partial charge is 0.294 e. The van der Waals surface area contributed by atoms with Gasteiger partial charge in [-0.1, -0.05) is 0 Å². The Balaban J connectivity index is 2.62. The molecule has 0 saturated carbocycles. The Labute approximate surface area is 106 Å². The molecule has 0 amide bonds. The molecule has 0 aliphatic carbocycles. The summed E-state index contributed by atoms with van der Waals surface area (Å²) in [5.41, 5.74) is 0.374. The minimum Gasteiger partial charge on any atom is -0.294 e. The van der Waals surface area contributed by atoms with Gasteiger partial charge in [0.05, 0.1) is 5.75 Å². The first-order valence-electron chi connectivity index (χ1n) is 5.63. The first-order chi connectivity index (χ1) is 8.34. The number of hydrogen-bond donors (Lipinski definition) is 1. The van der Waals surface area contributed by atoms with Gasteiger partial charge in [-0.15, -0.1) is 0 Å². The van der Waals surface area contributed by atoms with Crippen molar-refractivity contribution in [3.8, 4) is 0 Å². The van der Waals surface area contributed by atoms with Crippen LogP contribution in [0.3, 0.4) is 0 Å². The molecule has 0 saturated heterocycles. The average Bonchev–Trinajstić information content (AvgIpc) is 2.29. The van der Waals surface area contributed by atoms with E-state index in [1.807, 2.05) is 0 Å². The molecule has 1 N–H and O–H groups in total. The number of rotatable bonds is 6. The van der Waals surface area contributed by atoms with Crippen molar-refractivity contribution in [2.45, 2.75) is 26.3 Å². The molecule has 0 radical (unpaired) electrons. The molecule has 4 nitrogen and oxygen atoms in total. The third kappa shape index (κ3) is 4.54. The van der Waals surface area contributed by atoms with Crippen LogP contribution in [0, 0.1) is 5.82 Å². The average molecular weight is 273 g/mol. The Morgan fingerprint density at radius 1 is 1.33 bits per heavy atom. The highest BCUT2D eigenvalue weighted by Gasteiger charge is 2.16. The van der Waals surface area contributed by atoms with Crippen LogP contribution in [-0.2, 0) is 10.0 Å². The minimum atomic E-state index is -3.32. The fourth-order valence-electron chi connectivity index (χ4n) is 1.46. The highest BCUT2D eigenvalue weighted by Crippen LogP contribution is 2.08. The van der Waals surface area contributed by atoms with Crippen LogP contribution >= 0.6 is 0 Å². The van der Waals surface area contributed by atoms with Gasteiger partial charge < -0.3 is 0 Å². The lowest BCUT2D eigenvalue weighted by Crippen LogP contribution is -2.35. The maximum absolute atomic E-state index is 12.7. The van der Waals surface area contributed by atoms with Crippen LogP contribution in [0.25, 0.3) is 0 Å². The van der Waals surface area contributed by atoms with Crippen molar-refractivity contribution in [3.63, 3.8) is 0 Å². The molecule has 0 spiro atoms. The maximum atomic E-state index is 12.7. The van der Waals surface area contributed by atoms with Gasteiger partial charge in [0.1, 0.15) is 5.82 Å². The van der Waals surface area contributed by atoms with E-state index in [9.17, 15) is 17.6 Å². The lowest BCUT2D eigenvalue weighted by atomic mass is 10.1. The topological polar surface area (TPSA) is 63.2 Å². The second kappa shape index (κ2) is 6.06. The molecule has 0 bridgehead atoms. The molecule has 1 atom stereocenters. The van der Waals surface area contributed by atoms with Gasteiger partial charge in [0.25, 0.3) is 0 Å². The Morgan fingerprint density at radius 2 is 1.89 bits per heavy atom. The van der Waals surface area contributed by atoms with Crippen LogP contribution in [0.4, 0.5) is 4.39 Å². The SMILES string of the molecule is CCS(=O)(=O)N[C@@H](C)CC(=O)c1ccc(F)cc1. The minimum absolute atomic E-state index is 0.0257. The normalized spacial score (nSPS) is 13.3. The van der Waals surface area contributed by atoms with E-state index in [-0.39, 0.29) is 18.0 Å². The van der Waals surface area contributed by atoms with Gasteiger partial charge in [-0.2, -0.15) is 0 Å². The summed E-state index contributed by atoms with van der Waals surface area (Å²) in [4.78, 5) is 11.8. The molecule has 0 fully saturated rings. The van der Waals surface area contributed by atoms with Crippen molar-refractivity contribution < 1.29 is 17.6 Å². The predicted octanol–water partition coefficient (Wildman–Crippen LogP) is 1.73. The van der Waals surface area contributed by atoms with E-state index in [1.54, 1.807) is 6.92 Å². The Morgan fingerprint density at radius 3 is 2.39 bits per heavy atom. The molecule has 0 unspecified atom stereocenters.